The van der Waals surface area contributed by atoms with Gasteiger partial charge in [0.1, 0.15) is 6.04 Å². The number of piperidine rings is 1. The van der Waals surface area contributed by atoms with Crippen molar-refractivity contribution in [2.75, 3.05) is 13.1 Å². The van der Waals surface area contributed by atoms with Crippen molar-refractivity contribution >= 4 is 23.7 Å². The number of halogens is 1. The van der Waals surface area contributed by atoms with Crippen molar-refractivity contribution in [3.63, 3.8) is 0 Å². The molecule has 3 rings (SSSR count). The second-order valence-corrected chi connectivity index (χ2v) is 6.63. The first-order valence-electron chi connectivity index (χ1n) is 8.61. The number of hydrogen-bond acceptors (Lipinski definition) is 3. The molecule has 1 atom stereocenters. The molecular weight excluding hydrogens is 334 g/mol. The molecule has 1 unspecified atom stereocenters. The van der Waals surface area contributed by atoms with E-state index in [1.54, 1.807) is 18.3 Å². The minimum atomic E-state index is -0.302. The first-order chi connectivity index (χ1) is 12.2. The number of carbonyl (C=O) groups is 1. The molecule has 25 heavy (non-hydrogen) atoms. The average Bonchev–Trinajstić information content (AvgIpc) is 2.65. The van der Waals surface area contributed by atoms with Crippen LogP contribution in [0.15, 0.2) is 59.7 Å². The maximum Gasteiger partial charge on any atom is 0.262 e. The summed E-state index contributed by atoms with van der Waals surface area (Å²) in [4.78, 5) is 15.0. The first-order valence-corrected chi connectivity index (χ1v) is 8.99. The molecule has 1 N–H and O–H groups in total. The highest BCUT2D eigenvalue weighted by Crippen LogP contribution is 2.24. The standard InChI is InChI=1S/C20H22ClN3O/c21-18-11-9-16(10-12-18)15-22-23-20(25)19(17-7-3-1-4-8-17)24-13-5-2-6-14-24/h1,3-4,7-12,15,19H,2,5-6,13-14H2,(H,23,25). The Balaban J connectivity index is 1.71. The van der Waals surface area contributed by atoms with Crippen LogP contribution in [0.3, 0.4) is 0 Å². The van der Waals surface area contributed by atoms with Crippen molar-refractivity contribution in [3.05, 3.63) is 70.7 Å². The fraction of sp³-hybridized carbons (Fsp3) is 0.300. The number of nitrogens with zero attached hydrogens (tertiary/aromatic N) is 2. The van der Waals surface area contributed by atoms with Gasteiger partial charge in [-0.3, -0.25) is 9.69 Å². The molecule has 1 amide bonds. The molecule has 4 nitrogen and oxygen atoms in total. The van der Waals surface area contributed by atoms with Gasteiger partial charge in [0.25, 0.3) is 5.91 Å². The number of likely N-dealkylation sites (tertiary alicyclic amines) is 1. The zero-order chi connectivity index (χ0) is 17.5. The lowest BCUT2D eigenvalue weighted by Crippen LogP contribution is -2.41. The molecule has 2 aromatic rings. The van der Waals surface area contributed by atoms with Crippen LogP contribution in [0.2, 0.25) is 5.02 Å². The third-order valence-corrected chi connectivity index (χ3v) is 4.63. The maximum absolute atomic E-state index is 12.8. The molecule has 130 valence electrons. The monoisotopic (exact) mass is 355 g/mol. The number of benzene rings is 2. The van der Waals surface area contributed by atoms with Crippen LogP contribution in [0.1, 0.15) is 36.4 Å². The summed E-state index contributed by atoms with van der Waals surface area (Å²) >= 11 is 5.87. The molecule has 0 aromatic heterocycles. The Kier molecular flexibility index (Phi) is 6.20. The van der Waals surface area contributed by atoms with Gasteiger partial charge in [-0.15, -0.1) is 0 Å². The summed E-state index contributed by atoms with van der Waals surface area (Å²) in [7, 11) is 0. The van der Waals surface area contributed by atoms with Crippen LogP contribution < -0.4 is 5.43 Å². The summed E-state index contributed by atoms with van der Waals surface area (Å²) in [5.74, 6) is -0.0988. The Morgan fingerprint density at radius 1 is 1.04 bits per heavy atom. The van der Waals surface area contributed by atoms with Gasteiger partial charge in [-0.2, -0.15) is 5.10 Å². The van der Waals surface area contributed by atoms with Gasteiger partial charge in [0.2, 0.25) is 0 Å². The molecule has 0 radical (unpaired) electrons. The lowest BCUT2D eigenvalue weighted by Gasteiger charge is -2.33. The summed E-state index contributed by atoms with van der Waals surface area (Å²) in [6.45, 7) is 1.88. The van der Waals surface area contributed by atoms with Gasteiger partial charge in [-0.25, -0.2) is 5.43 Å². The Hall–Kier alpha value is -2.17. The maximum atomic E-state index is 12.8. The lowest BCUT2D eigenvalue weighted by atomic mass is 10.0. The van der Waals surface area contributed by atoms with Gasteiger partial charge in [0.15, 0.2) is 0 Å². The van der Waals surface area contributed by atoms with Crippen LogP contribution >= 0.6 is 11.6 Å². The number of amides is 1. The molecule has 1 aliphatic rings. The van der Waals surface area contributed by atoms with E-state index in [1.165, 1.54) is 6.42 Å². The smallest absolute Gasteiger partial charge is 0.262 e. The Labute approximate surface area is 153 Å². The van der Waals surface area contributed by atoms with E-state index in [1.807, 2.05) is 42.5 Å². The molecule has 2 aromatic carbocycles. The third kappa shape index (κ3) is 4.91. The van der Waals surface area contributed by atoms with Crippen LogP contribution in [0.5, 0.6) is 0 Å². The predicted octanol–water partition coefficient (Wildman–Crippen LogP) is 4.02. The van der Waals surface area contributed by atoms with Gasteiger partial charge in [0.05, 0.1) is 6.21 Å². The zero-order valence-corrected chi connectivity index (χ0v) is 14.8. The van der Waals surface area contributed by atoms with E-state index < -0.39 is 0 Å². The summed E-state index contributed by atoms with van der Waals surface area (Å²) < 4.78 is 0. The molecule has 0 aliphatic carbocycles. The highest BCUT2D eigenvalue weighted by atomic mass is 35.5. The Morgan fingerprint density at radius 2 is 1.72 bits per heavy atom. The highest BCUT2D eigenvalue weighted by molar-refractivity contribution is 6.30. The summed E-state index contributed by atoms with van der Waals surface area (Å²) in [6, 6.07) is 16.9. The largest absolute Gasteiger partial charge is 0.288 e. The Morgan fingerprint density at radius 3 is 2.40 bits per heavy atom. The normalized spacial score (nSPS) is 16.7. The molecule has 5 heteroatoms. The number of hydrazone groups is 1. The van der Waals surface area contributed by atoms with Crippen LogP contribution in [-0.2, 0) is 4.79 Å². The van der Waals surface area contributed by atoms with Crippen molar-refractivity contribution in [1.29, 1.82) is 0 Å². The predicted molar refractivity (Wildman–Crippen MR) is 102 cm³/mol. The third-order valence-electron chi connectivity index (χ3n) is 4.38. The van der Waals surface area contributed by atoms with Crippen molar-refractivity contribution in [3.8, 4) is 0 Å². The quantitative estimate of drug-likeness (QED) is 0.650. The Bertz CT molecular complexity index is 709. The average molecular weight is 356 g/mol. The summed E-state index contributed by atoms with van der Waals surface area (Å²) in [5, 5.41) is 4.79. The second kappa shape index (κ2) is 8.79. The van der Waals surface area contributed by atoms with Gasteiger partial charge in [-0.05, 0) is 49.2 Å². The number of hydrogen-bond donors (Lipinski definition) is 1. The van der Waals surface area contributed by atoms with Gasteiger partial charge in [-0.1, -0.05) is 60.5 Å². The van der Waals surface area contributed by atoms with E-state index >= 15 is 0 Å². The first kappa shape index (κ1) is 17.6. The lowest BCUT2D eigenvalue weighted by molar-refractivity contribution is -0.127. The van der Waals surface area contributed by atoms with Crippen molar-refractivity contribution < 1.29 is 4.79 Å². The minimum absolute atomic E-state index is 0.0988. The molecule has 0 bridgehead atoms. The van der Waals surface area contributed by atoms with Crippen LogP contribution in [0.25, 0.3) is 0 Å². The molecule has 1 saturated heterocycles. The van der Waals surface area contributed by atoms with E-state index in [2.05, 4.69) is 15.4 Å². The van der Waals surface area contributed by atoms with E-state index in [9.17, 15) is 4.79 Å². The van der Waals surface area contributed by atoms with E-state index in [-0.39, 0.29) is 11.9 Å². The molecule has 0 saturated carbocycles. The molecule has 0 spiro atoms. The SMILES string of the molecule is O=C(NN=Cc1ccc(Cl)cc1)C(c1ccccc1)N1CCCCC1. The van der Waals surface area contributed by atoms with Crippen LogP contribution in [0, 0.1) is 0 Å². The zero-order valence-electron chi connectivity index (χ0n) is 14.1. The van der Waals surface area contributed by atoms with Crippen molar-refractivity contribution in [1.82, 2.24) is 10.3 Å². The number of nitrogens with one attached hydrogen (secondary N) is 1. The minimum Gasteiger partial charge on any atom is -0.288 e. The van der Waals surface area contributed by atoms with Gasteiger partial charge in [0, 0.05) is 5.02 Å². The summed E-state index contributed by atoms with van der Waals surface area (Å²) in [6.07, 6.45) is 5.12. The fourth-order valence-corrected chi connectivity index (χ4v) is 3.25. The van der Waals surface area contributed by atoms with Crippen LogP contribution in [-0.4, -0.2) is 30.1 Å². The van der Waals surface area contributed by atoms with Gasteiger partial charge >= 0.3 is 0 Å². The second-order valence-electron chi connectivity index (χ2n) is 6.20. The van der Waals surface area contributed by atoms with Crippen LogP contribution in [0.4, 0.5) is 0 Å². The highest BCUT2D eigenvalue weighted by Gasteiger charge is 2.28. The fourth-order valence-electron chi connectivity index (χ4n) is 3.12. The molecule has 1 aliphatic heterocycles. The van der Waals surface area contributed by atoms with Crippen molar-refractivity contribution in [2.24, 2.45) is 5.10 Å². The molecular formula is C20H22ClN3O. The molecule has 1 heterocycles. The number of rotatable bonds is 5. The molecule has 1 fully saturated rings. The topological polar surface area (TPSA) is 44.7 Å². The van der Waals surface area contributed by atoms with E-state index in [4.69, 9.17) is 11.6 Å². The van der Waals surface area contributed by atoms with E-state index in [0.717, 1.165) is 37.1 Å². The van der Waals surface area contributed by atoms with E-state index in [0.29, 0.717) is 5.02 Å². The van der Waals surface area contributed by atoms with Crippen molar-refractivity contribution in [2.45, 2.75) is 25.3 Å². The summed E-state index contributed by atoms with van der Waals surface area (Å²) in [5.41, 5.74) is 4.59. The number of carbonyl (C=O) groups excluding carboxylic acids is 1. The van der Waals surface area contributed by atoms with Gasteiger partial charge < -0.3 is 0 Å².